The van der Waals surface area contributed by atoms with Crippen LogP contribution in [0, 0.1) is 20.8 Å². The van der Waals surface area contributed by atoms with E-state index in [-0.39, 0.29) is 22.9 Å². The molecule has 3 aromatic rings. The Morgan fingerprint density at radius 1 is 0.688 bits per heavy atom. The first-order valence-electron chi connectivity index (χ1n) is 10.4. The number of sulfonamides is 2. The molecule has 0 aliphatic carbocycles. The predicted molar refractivity (Wildman–Crippen MR) is 124 cm³/mol. The quantitative estimate of drug-likeness (QED) is 0.565. The summed E-state index contributed by atoms with van der Waals surface area (Å²) in [5.74, 6) is 0. The second kappa shape index (κ2) is 8.44. The largest absolute Gasteiger partial charge is 0.245 e. The van der Waals surface area contributed by atoms with E-state index in [0.29, 0.717) is 16.7 Å². The molecule has 168 valence electrons. The fourth-order valence-electron chi connectivity index (χ4n) is 4.47. The molecule has 1 aliphatic rings. The van der Waals surface area contributed by atoms with Crippen LogP contribution in [0.3, 0.4) is 0 Å². The molecule has 0 N–H and O–H groups in total. The van der Waals surface area contributed by atoms with Crippen LogP contribution >= 0.6 is 0 Å². The number of hydrogen-bond acceptors (Lipinski definition) is 4. The van der Waals surface area contributed by atoms with Crippen LogP contribution in [0.4, 0.5) is 0 Å². The Balaban J connectivity index is 1.87. The maximum absolute atomic E-state index is 13.9. The van der Waals surface area contributed by atoms with Gasteiger partial charge in [0.15, 0.2) is 0 Å². The Bertz CT molecular complexity index is 1320. The van der Waals surface area contributed by atoms with Crippen molar-refractivity contribution in [2.75, 3.05) is 13.1 Å². The summed E-state index contributed by atoms with van der Waals surface area (Å²) in [6, 6.07) is 20.7. The summed E-state index contributed by atoms with van der Waals surface area (Å²) in [5, 5.41) is 0. The minimum Gasteiger partial charge on any atom is -0.207 e. The smallest absolute Gasteiger partial charge is 0.207 e. The molecule has 8 heteroatoms. The minimum atomic E-state index is -3.96. The number of aryl methyl sites for hydroxylation is 3. The number of benzene rings is 3. The van der Waals surface area contributed by atoms with Crippen molar-refractivity contribution >= 4 is 20.0 Å². The van der Waals surface area contributed by atoms with Gasteiger partial charge >= 0.3 is 0 Å². The summed E-state index contributed by atoms with van der Waals surface area (Å²) < 4.78 is 57.4. The fourth-order valence-corrected chi connectivity index (χ4v) is 8.10. The lowest BCUT2D eigenvalue weighted by Gasteiger charge is -2.30. The van der Waals surface area contributed by atoms with Gasteiger partial charge in [-0.3, -0.25) is 0 Å². The van der Waals surface area contributed by atoms with Gasteiger partial charge in [-0.25, -0.2) is 16.8 Å². The second-order valence-corrected chi connectivity index (χ2v) is 11.8. The van der Waals surface area contributed by atoms with E-state index in [0.717, 1.165) is 5.56 Å². The SMILES string of the molecule is Cc1cc(C)c(S(=O)(=O)N2CCN(S(=O)(=O)c3ccccc3)C2c2ccccc2)c(C)c1. The molecule has 0 spiro atoms. The van der Waals surface area contributed by atoms with Gasteiger partial charge in [-0.2, -0.15) is 8.61 Å². The molecule has 1 aliphatic heterocycles. The summed E-state index contributed by atoms with van der Waals surface area (Å²) in [6.45, 7) is 5.62. The summed E-state index contributed by atoms with van der Waals surface area (Å²) in [6.07, 6.45) is -0.966. The molecule has 1 saturated heterocycles. The molecule has 0 amide bonds. The normalized spacial score (nSPS) is 18.2. The molecular formula is C24H26N2O4S2. The highest BCUT2D eigenvalue weighted by molar-refractivity contribution is 7.90. The molecule has 4 rings (SSSR count). The predicted octanol–water partition coefficient (Wildman–Crippen LogP) is 4.01. The van der Waals surface area contributed by atoms with E-state index in [1.807, 2.05) is 25.1 Å². The van der Waals surface area contributed by atoms with Gasteiger partial charge in [0.05, 0.1) is 9.79 Å². The van der Waals surface area contributed by atoms with E-state index in [1.54, 1.807) is 56.3 Å². The first-order valence-corrected chi connectivity index (χ1v) is 13.2. The van der Waals surface area contributed by atoms with Crippen LogP contribution in [0.25, 0.3) is 0 Å². The van der Waals surface area contributed by atoms with Crippen molar-refractivity contribution in [3.63, 3.8) is 0 Å². The second-order valence-electron chi connectivity index (χ2n) is 8.06. The average molecular weight is 471 g/mol. The van der Waals surface area contributed by atoms with Crippen LogP contribution in [-0.4, -0.2) is 38.5 Å². The maximum Gasteiger partial charge on any atom is 0.245 e. The van der Waals surface area contributed by atoms with Gasteiger partial charge in [-0.15, -0.1) is 0 Å². The zero-order chi connectivity index (χ0) is 23.1. The van der Waals surface area contributed by atoms with Crippen LogP contribution in [0.1, 0.15) is 28.4 Å². The molecule has 0 saturated carbocycles. The van der Waals surface area contributed by atoms with Crippen molar-refractivity contribution in [3.8, 4) is 0 Å². The van der Waals surface area contributed by atoms with Crippen LogP contribution in [0.2, 0.25) is 0 Å². The molecule has 6 nitrogen and oxygen atoms in total. The summed E-state index contributed by atoms with van der Waals surface area (Å²) >= 11 is 0. The van der Waals surface area contributed by atoms with E-state index in [4.69, 9.17) is 0 Å². The molecule has 1 atom stereocenters. The maximum atomic E-state index is 13.9. The first-order chi connectivity index (χ1) is 15.1. The van der Waals surface area contributed by atoms with Crippen molar-refractivity contribution in [3.05, 3.63) is 95.1 Å². The molecule has 0 radical (unpaired) electrons. The van der Waals surface area contributed by atoms with Gasteiger partial charge in [0, 0.05) is 13.1 Å². The average Bonchev–Trinajstić information content (AvgIpc) is 3.21. The van der Waals surface area contributed by atoms with Crippen molar-refractivity contribution in [2.24, 2.45) is 0 Å². The Morgan fingerprint density at radius 2 is 1.16 bits per heavy atom. The molecular weight excluding hydrogens is 444 g/mol. The molecule has 0 bridgehead atoms. The van der Waals surface area contributed by atoms with Gasteiger partial charge < -0.3 is 0 Å². The van der Waals surface area contributed by atoms with Gasteiger partial charge in [-0.1, -0.05) is 66.2 Å². The third-order valence-electron chi connectivity index (χ3n) is 5.71. The molecule has 1 heterocycles. The molecule has 3 aromatic carbocycles. The van der Waals surface area contributed by atoms with E-state index >= 15 is 0 Å². The van der Waals surface area contributed by atoms with Crippen molar-refractivity contribution in [1.82, 2.24) is 8.61 Å². The summed E-state index contributed by atoms with van der Waals surface area (Å²) in [4.78, 5) is 0.380. The lowest BCUT2D eigenvalue weighted by atomic mass is 10.1. The number of rotatable bonds is 5. The topological polar surface area (TPSA) is 74.8 Å². The third-order valence-corrected chi connectivity index (χ3v) is 9.73. The number of nitrogens with zero attached hydrogens (tertiary/aromatic N) is 2. The molecule has 0 aromatic heterocycles. The Labute approximate surface area is 190 Å². The molecule has 1 unspecified atom stereocenters. The highest BCUT2D eigenvalue weighted by Gasteiger charge is 2.47. The van der Waals surface area contributed by atoms with Crippen molar-refractivity contribution in [1.29, 1.82) is 0 Å². The number of hydrogen-bond donors (Lipinski definition) is 0. The van der Waals surface area contributed by atoms with E-state index in [1.165, 1.54) is 20.7 Å². The zero-order valence-corrected chi connectivity index (χ0v) is 19.9. The third kappa shape index (κ3) is 3.88. The van der Waals surface area contributed by atoms with Crippen LogP contribution in [-0.2, 0) is 20.0 Å². The lowest BCUT2D eigenvalue weighted by Crippen LogP contribution is -2.38. The van der Waals surface area contributed by atoms with E-state index in [2.05, 4.69) is 0 Å². The zero-order valence-electron chi connectivity index (χ0n) is 18.3. The van der Waals surface area contributed by atoms with Gasteiger partial charge in [0.25, 0.3) is 0 Å². The first kappa shape index (κ1) is 22.7. The van der Waals surface area contributed by atoms with Gasteiger partial charge in [0.1, 0.15) is 6.17 Å². The Morgan fingerprint density at radius 3 is 1.69 bits per heavy atom. The highest BCUT2D eigenvalue weighted by Crippen LogP contribution is 2.39. The summed E-state index contributed by atoms with van der Waals surface area (Å²) in [5.41, 5.74) is 2.89. The van der Waals surface area contributed by atoms with Crippen molar-refractivity contribution < 1.29 is 16.8 Å². The standard InChI is InChI=1S/C24H26N2O4S2/c1-18-16-19(2)23(20(3)17-18)32(29,30)26-15-14-25(24(26)21-10-6-4-7-11-21)31(27,28)22-12-8-5-9-13-22/h4-13,16-17,24H,14-15H2,1-3H3. The van der Waals surface area contributed by atoms with Gasteiger partial charge in [0.2, 0.25) is 20.0 Å². The van der Waals surface area contributed by atoms with Crippen molar-refractivity contribution in [2.45, 2.75) is 36.7 Å². The monoisotopic (exact) mass is 470 g/mol. The molecule has 1 fully saturated rings. The van der Waals surface area contributed by atoms with Crippen LogP contribution in [0.15, 0.2) is 82.6 Å². The Hall–Kier alpha value is -2.52. The Kier molecular flexibility index (Phi) is 5.98. The van der Waals surface area contributed by atoms with Crippen LogP contribution < -0.4 is 0 Å². The fraction of sp³-hybridized carbons (Fsp3) is 0.250. The highest BCUT2D eigenvalue weighted by atomic mass is 32.2. The van der Waals surface area contributed by atoms with Gasteiger partial charge in [-0.05, 0) is 49.6 Å². The summed E-state index contributed by atoms with van der Waals surface area (Å²) in [7, 11) is -7.87. The van der Waals surface area contributed by atoms with Crippen LogP contribution in [0.5, 0.6) is 0 Å². The van der Waals surface area contributed by atoms with E-state index < -0.39 is 26.2 Å². The minimum absolute atomic E-state index is 0.0694. The molecule has 32 heavy (non-hydrogen) atoms. The van der Waals surface area contributed by atoms with E-state index in [9.17, 15) is 16.8 Å². The lowest BCUT2D eigenvalue weighted by molar-refractivity contribution is 0.292.